The lowest BCUT2D eigenvalue weighted by Crippen LogP contribution is -2.02. The van der Waals surface area contributed by atoms with Crippen molar-refractivity contribution < 1.29 is 5.11 Å². The molecule has 0 amide bonds. The molecular weight excluding hydrogens is 214 g/mol. The van der Waals surface area contributed by atoms with Gasteiger partial charge in [-0.3, -0.25) is 9.67 Å². The van der Waals surface area contributed by atoms with Crippen molar-refractivity contribution in [3.05, 3.63) is 47.5 Å². The van der Waals surface area contributed by atoms with Gasteiger partial charge in [0.25, 0.3) is 0 Å². The molecule has 1 N–H and O–H groups in total. The Balaban J connectivity index is 2.05. The fraction of sp³-hybridized carbons (Fsp3) is 0.385. The lowest BCUT2D eigenvalue weighted by molar-refractivity contribution is 0.178. The maximum Gasteiger partial charge on any atom is 0.0846 e. The molecule has 0 saturated heterocycles. The number of pyridine rings is 1. The molecule has 4 heteroatoms. The van der Waals surface area contributed by atoms with E-state index >= 15 is 0 Å². The molecule has 0 saturated carbocycles. The van der Waals surface area contributed by atoms with Crippen molar-refractivity contribution in [2.45, 2.75) is 32.9 Å². The van der Waals surface area contributed by atoms with E-state index in [1.54, 1.807) is 12.4 Å². The van der Waals surface area contributed by atoms with Crippen LogP contribution in [0.5, 0.6) is 0 Å². The highest BCUT2D eigenvalue weighted by molar-refractivity contribution is 5.18. The first-order chi connectivity index (χ1) is 8.19. The van der Waals surface area contributed by atoms with Crippen LogP contribution in [0.2, 0.25) is 0 Å². The van der Waals surface area contributed by atoms with Crippen molar-refractivity contribution in [3.8, 4) is 0 Å². The fourth-order valence-corrected chi connectivity index (χ4v) is 1.70. The van der Waals surface area contributed by atoms with Crippen LogP contribution in [-0.4, -0.2) is 19.9 Å². The summed E-state index contributed by atoms with van der Waals surface area (Å²) in [6.45, 7) is 4.82. The summed E-state index contributed by atoms with van der Waals surface area (Å²) < 4.78 is 1.86. The number of hydrogen-bond donors (Lipinski definition) is 1. The third-order valence-electron chi connectivity index (χ3n) is 2.76. The Bertz CT molecular complexity index is 476. The number of hydrogen-bond acceptors (Lipinski definition) is 3. The van der Waals surface area contributed by atoms with E-state index in [0.717, 1.165) is 23.4 Å². The van der Waals surface area contributed by atoms with E-state index in [0.29, 0.717) is 6.42 Å². The molecule has 0 fully saturated rings. The van der Waals surface area contributed by atoms with Crippen LogP contribution < -0.4 is 0 Å². The predicted molar refractivity (Wildman–Crippen MR) is 65.5 cm³/mol. The van der Waals surface area contributed by atoms with Gasteiger partial charge in [-0.05, 0) is 31.0 Å². The minimum Gasteiger partial charge on any atom is -0.388 e. The number of nitrogens with zero attached hydrogens (tertiary/aromatic N) is 3. The van der Waals surface area contributed by atoms with E-state index in [1.165, 1.54) is 0 Å². The summed E-state index contributed by atoms with van der Waals surface area (Å²) >= 11 is 0. The molecule has 2 aromatic rings. The van der Waals surface area contributed by atoms with E-state index in [1.807, 2.05) is 36.9 Å². The van der Waals surface area contributed by atoms with Crippen molar-refractivity contribution in [2.75, 3.05) is 0 Å². The summed E-state index contributed by atoms with van der Waals surface area (Å²) in [5.74, 6) is 0. The average molecular weight is 231 g/mol. The maximum atomic E-state index is 10.1. The Hall–Kier alpha value is -1.68. The molecule has 1 atom stereocenters. The highest BCUT2D eigenvalue weighted by Gasteiger charge is 2.10. The minimum atomic E-state index is -0.516. The summed E-state index contributed by atoms with van der Waals surface area (Å²) in [7, 11) is 0. The van der Waals surface area contributed by atoms with Crippen molar-refractivity contribution in [1.82, 2.24) is 14.8 Å². The quantitative estimate of drug-likeness (QED) is 0.874. The zero-order valence-corrected chi connectivity index (χ0v) is 10.2. The molecule has 0 aliphatic rings. The Morgan fingerprint density at radius 1 is 1.35 bits per heavy atom. The molecule has 4 nitrogen and oxygen atoms in total. The lowest BCUT2D eigenvalue weighted by atomic mass is 10.1. The van der Waals surface area contributed by atoms with Gasteiger partial charge in [0.15, 0.2) is 0 Å². The van der Waals surface area contributed by atoms with E-state index in [4.69, 9.17) is 0 Å². The van der Waals surface area contributed by atoms with Gasteiger partial charge in [-0.2, -0.15) is 5.10 Å². The van der Waals surface area contributed by atoms with Crippen LogP contribution in [-0.2, 0) is 13.0 Å². The van der Waals surface area contributed by atoms with Crippen molar-refractivity contribution in [3.63, 3.8) is 0 Å². The van der Waals surface area contributed by atoms with Crippen LogP contribution in [0.25, 0.3) is 0 Å². The van der Waals surface area contributed by atoms with E-state index < -0.39 is 6.10 Å². The number of rotatable bonds is 4. The van der Waals surface area contributed by atoms with E-state index in [9.17, 15) is 5.11 Å². The van der Waals surface area contributed by atoms with Crippen LogP contribution in [0.4, 0.5) is 0 Å². The molecule has 17 heavy (non-hydrogen) atoms. The van der Waals surface area contributed by atoms with E-state index in [-0.39, 0.29) is 0 Å². The second kappa shape index (κ2) is 5.10. The smallest absolute Gasteiger partial charge is 0.0846 e. The molecule has 0 spiro atoms. The highest BCUT2D eigenvalue weighted by Crippen LogP contribution is 2.17. The van der Waals surface area contributed by atoms with Gasteiger partial charge in [0, 0.05) is 31.1 Å². The first-order valence-corrected chi connectivity index (χ1v) is 5.81. The second-order valence-corrected chi connectivity index (χ2v) is 4.16. The summed E-state index contributed by atoms with van der Waals surface area (Å²) in [5, 5.41) is 14.3. The third kappa shape index (κ3) is 2.91. The second-order valence-electron chi connectivity index (χ2n) is 4.16. The van der Waals surface area contributed by atoms with Gasteiger partial charge in [0.2, 0.25) is 0 Å². The van der Waals surface area contributed by atoms with Crippen molar-refractivity contribution in [2.24, 2.45) is 0 Å². The molecule has 0 bridgehead atoms. The Labute approximate surface area is 101 Å². The summed E-state index contributed by atoms with van der Waals surface area (Å²) in [6.07, 6.45) is 5.55. The van der Waals surface area contributed by atoms with Crippen LogP contribution in [0.1, 0.15) is 29.8 Å². The number of aliphatic hydroxyl groups is 1. The summed E-state index contributed by atoms with van der Waals surface area (Å²) in [6, 6.07) is 3.82. The van der Waals surface area contributed by atoms with Gasteiger partial charge in [-0.1, -0.05) is 6.07 Å². The number of aryl methyl sites for hydroxylation is 2. The maximum absolute atomic E-state index is 10.1. The third-order valence-corrected chi connectivity index (χ3v) is 2.76. The molecule has 0 radical (unpaired) electrons. The van der Waals surface area contributed by atoms with Crippen molar-refractivity contribution >= 4 is 0 Å². The van der Waals surface area contributed by atoms with Crippen LogP contribution in [0, 0.1) is 6.92 Å². The van der Waals surface area contributed by atoms with Crippen LogP contribution in [0.15, 0.2) is 30.7 Å². The standard InChI is InChI=1S/C13H17N3O/c1-3-16-9-11(7-15-16)6-13(17)12-5-4-10(2)14-8-12/h4-5,7-9,13,17H,3,6H2,1-2H3. The molecule has 1 unspecified atom stereocenters. The minimum absolute atomic E-state index is 0.516. The number of aliphatic hydroxyl groups excluding tert-OH is 1. The van der Waals surface area contributed by atoms with Crippen molar-refractivity contribution in [1.29, 1.82) is 0 Å². The zero-order valence-electron chi connectivity index (χ0n) is 10.2. The normalized spacial score (nSPS) is 12.6. The highest BCUT2D eigenvalue weighted by atomic mass is 16.3. The van der Waals surface area contributed by atoms with Gasteiger partial charge in [-0.25, -0.2) is 0 Å². The Morgan fingerprint density at radius 2 is 2.18 bits per heavy atom. The Kier molecular flexibility index (Phi) is 3.54. The largest absolute Gasteiger partial charge is 0.388 e. The molecule has 0 aliphatic carbocycles. The lowest BCUT2D eigenvalue weighted by Gasteiger charge is -2.09. The van der Waals surface area contributed by atoms with Gasteiger partial charge < -0.3 is 5.11 Å². The summed E-state index contributed by atoms with van der Waals surface area (Å²) in [5.41, 5.74) is 2.85. The SMILES string of the molecule is CCn1cc(CC(O)c2ccc(C)nc2)cn1. The molecule has 2 heterocycles. The summed E-state index contributed by atoms with van der Waals surface area (Å²) in [4.78, 5) is 4.18. The molecule has 2 rings (SSSR count). The molecule has 90 valence electrons. The Morgan fingerprint density at radius 3 is 2.76 bits per heavy atom. The topological polar surface area (TPSA) is 50.9 Å². The first kappa shape index (κ1) is 11.8. The predicted octanol–water partition coefficient (Wildman–Crippen LogP) is 1.88. The van der Waals surface area contributed by atoms with Gasteiger partial charge in [0.1, 0.15) is 0 Å². The molecule has 2 aromatic heterocycles. The van der Waals surface area contributed by atoms with E-state index in [2.05, 4.69) is 10.1 Å². The fourth-order valence-electron chi connectivity index (χ4n) is 1.70. The number of aromatic nitrogens is 3. The van der Waals surface area contributed by atoms with Gasteiger partial charge >= 0.3 is 0 Å². The molecule has 0 aromatic carbocycles. The van der Waals surface area contributed by atoms with Crippen LogP contribution in [0.3, 0.4) is 0 Å². The van der Waals surface area contributed by atoms with Crippen LogP contribution >= 0.6 is 0 Å². The molecular formula is C13H17N3O. The monoisotopic (exact) mass is 231 g/mol. The first-order valence-electron chi connectivity index (χ1n) is 5.81. The zero-order chi connectivity index (χ0) is 12.3. The molecule has 0 aliphatic heterocycles. The van der Waals surface area contributed by atoms with Gasteiger partial charge in [-0.15, -0.1) is 0 Å². The van der Waals surface area contributed by atoms with Gasteiger partial charge in [0.05, 0.1) is 12.3 Å². The average Bonchev–Trinajstić information content (AvgIpc) is 2.77.